The Morgan fingerprint density at radius 1 is 1.48 bits per heavy atom. The molecule has 2 N–H and O–H groups in total. The van der Waals surface area contributed by atoms with Gasteiger partial charge in [0.05, 0.1) is 6.10 Å². The number of nitrogens with zero attached hydrogens (tertiary/aromatic N) is 3. The summed E-state index contributed by atoms with van der Waals surface area (Å²) in [7, 11) is 0. The van der Waals surface area contributed by atoms with Crippen LogP contribution in [-0.2, 0) is 0 Å². The van der Waals surface area contributed by atoms with Crippen molar-refractivity contribution in [2.75, 3.05) is 6.54 Å². The predicted molar refractivity (Wildman–Crippen MR) is 83.7 cm³/mol. The molecule has 23 heavy (non-hydrogen) atoms. The number of rotatable bonds is 6. The van der Waals surface area contributed by atoms with Crippen molar-refractivity contribution in [2.45, 2.75) is 33.3 Å². The van der Waals surface area contributed by atoms with Gasteiger partial charge in [-0.1, -0.05) is 13.8 Å². The van der Waals surface area contributed by atoms with Crippen molar-refractivity contribution < 1.29 is 14.3 Å². The number of hydrogen-bond donors (Lipinski definition) is 2. The molecule has 1 unspecified atom stereocenters. The molecule has 124 valence electrons. The lowest BCUT2D eigenvalue weighted by Gasteiger charge is -2.26. The third-order valence-corrected chi connectivity index (χ3v) is 3.45. The molecule has 0 saturated heterocycles. The standard InChI is InChI=1S/C16H21FN4O2/c1-11(22)7-16(2,3)8-19-15(23)12-4-5-14(13(17)6-12)21-10-18-9-20-21/h4-6,9-11,22H,7-8H2,1-3H3,(H,19,23). The maximum Gasteiger partial charge on any atom is 0.251 e. The van der Waals surface area contributed by atoms with Crippen molar-refractivity contribution in [3.8, 4) is 5.69 Å². The first-order chi connectivity index (χ1) is 10.8. The minimum Gasteiger partial charge on any atom is -0.393 e. The molecular formula is C16H21FN4O2. The van der Waals surface area contributed by atoms with Crippen LogP contribution in [0.25, 0.3) is 5.69 Å². The minimum atomic E-state index is -0.550. The van der Waals surface area contributed by atoms with Crippen LogP contribution in [0.5, 0.6) is 0 Å². The molecule has 0 fully saturated rings. The molecule has 7 heteroatoms. The second-order valence-corrected chi connectivity index (χ2v) is 6.41. The zero-order valence-corrected chi connectivity index (χ0v) is 13.5. The summed E-state index contributed by atoms with van der Waals surface area (Å²) >= 11 is 0. The van der Waals surface area contributed by atoms with E-state index < -0.39 is 11.9 Å². The molecule has 1 atom stereocenters. The molecule has 2 rings (SSSR count). The maximum absolute atomic E-state index is 14.1. The Morgan fingerprint density at radius 3 is 2.78 bits per heavy atom. The summed E-state index contributed by atoms with van der Waals surface area (Å²) in [6.07, 6.45) is 2.81. The molecule has 6 nitrogen and oxygen atoms in total. The van der Waals surface area contributed by atoms with Gasteiger partial charge in [-0.2, -0.15) is 5.10 Å². The van der Waals surface area contributed by atoms with E-state index in [1.807, 2.05) is 13.8 Å². The minimum absolute atomic E-state index is 0.230. The Morgan fingerprint density at radius 2 is 2.22 bits per heavy atom. The van der Waals surface area contributed by atoms with Gasteiger partial charge in [-0.05, 0) is 37.0 Å². The number of carbonyl (C=O) groups is 1. The van der Waals surface area contributed by atoms with Gasteiger partial charge in [0.1, 0.15) is 24.2 Å². The van der Waals surface area contributed by atoms with Crippen LogP contribution >= 0.6 is 0 Å². The second kappa shape index (κ2) is 6.87. The van der Waals surface area contributed by atoms with E-state index in [1.54, 1.807) is 6.92 Å². The number of nitrogens with one attached hydrogen (secondary N) is 1. The molecule has 1 aromatic carbocycles. The number of aromatic nitrogens is 3. The summed E-state index contributed by atoms with van der Waals surface area (Å²) in [6, 6.07) is 4.20. The van der Waals surface area contributed by atoms with Gasteiger partial charge in [0, 0.05) is 12.1 Å². The van der Waals surface area contributed by atoms with Crippen molar-refractivity contribution in [1.29, 1.82) is 0 Å². The fourth-order valence-electron chi connectivity index (χ4n) is 2.46. The van der Waals surface area contributed by atoms with Gasteiger partial charge in [-0.3, -0.25) is 4.79 Å². The molecule has 1 aromatic heterocycles. The SMILES string of the molecule is CC(O)CC(C)(C)CNC(=O)c1ccc(-n2cncn2)c(F)c1. The van der Waals surface area contributed by atoms with Crippen molar-refractivity contribution in [2.24, 2.45) is 5.41 Å². The number of aliphatic hydroxyl groups is 1. The van der Waals surface area contributed by atoms with Gasteiger partial charge in [0.15, 0.2) is 0 Å². The molecule has 0 spiro atoms. The molecule has 0 radical (unpaired) electrons. The summed E-state index contributed by atoms with van der Waals surface area (Å²) < 4.78 is 15.4. The lowest BCUT2D eigenvalue weighted by molar-refractivity contribution is 0.0901. The first kappa shape index (κ1) is 17.1. The summed E-state index contributed by atoms with van der Waals surface area (Å²) in [5, 5.41) is 16.1. The zero-order valence-electron chi connectivity index (χ0n) is 13.5. The Labute approximate surface area is 134 Å². The third-order valence-electron chi connectivity index (χ3n) is 3.45. The van der Waals surface area contributed by atoms with E-state index in [4.69, 9.17) is 0 Å². The number of carbonyl (C=O) groups excluding carboxylic acids is 1. The van der Waals surface area contributed by atoms with Crippen LogP contribution in [-0.4, -0.2) is 38.4 Å². The fraction of sp³-hybridized carbons (Fsp3) is 0.438. The Balaban J connectivity index is 2.05. The number of halogens is 1. The van der Waals surface area contributed by atoms with Crippen LogP contribution in [0.3, 0.4) is 0 Å². The molecule has 0 aliphatic carbocycles. The van der Waals surface area contributed by atoms with E-state index in [2.05, 4.69) is 15.4 Å². The number of amides is 1. The Hall–Kier alpha value is -2.28. The first-order valence-corrected chi connectivity index (χ1v) is 7.39. The smallest absolute Gasteiger partial charge is 0.251 e. The quantitative estimate of drug-likeness (QED) is 0.852. The molecule has 0 bridgehead atoms. The Kier molecular flexibility index (Phi) is 5.10. The van der Waals surface area contributed by atoms with Crippen LogP contribution in [0.4, 0.5) is 4.39 Å². The van der Waals surface area contributed by atoms with Crippen LogP contribution in [0.2, 0.25) is 0 Å². The summed E-state index contributed by atoms with van der Waals surface area (Å²) in [5.74, 6) is -0.904. The van der Waals surface area contributed by atoms with E-state index in [9.17, 15) is 14.3 Å². The molecule has 1 heterocycles. The molecule has 0 aliphatic rings. The normalized spacial score (nSPS) is 12.9. The van der Waals surface area contributed by atoms with Crippen LogP contribution < -0.4 is 5.32 Å². The third kappa shape index (κ3) is 4.59. The molecule has 2 aromatic rings. The average Bonchev–Trinajstić information content (AvgIpc) is 2.97. The molecular weight excluding hydrogens is 299 g/mol. The number of benzene rings is 1. The zero-order chi connectivity index (χ0) is 17.0. The van der Waals surface area contributed by atoms with Crippen LogP contribution in [0, 0.1) is 11.2 Å². The van der Waals surface area contributed by atoms with Gasteiger partial charge in [-0.15, -0.1) is 0 Å². The molecule has 0 saturated carbocycles. The Bertz CT molecular complexity index is 669. The van der Waals surface area contributed by atoms with Gasteiger partial charge < -0.3 is 10.4 Å². The highest BCUT2D eigenvalue weighted by Gasteiger charge is 2.21. The molecule has 1 amide bonds. The van der Waals surface area contributed by atoms with E-state index >= 15 is 0 Å². The highest BCUT2D eigenvalue weighted by Crippen LogP contribution is 2.21. The number of hydrogen-bond acceptors (Lipinski definition) is 4. The second-order valence-electron chi connectivity index (χ2n) is 6.41. The van der Waals surface area contributed by atoms with Crippen LogP contribution in [0.15, 0.2) is 30.9 Å². The van der Waals surface area contributed by atoms with E-state index in [0.29, 0.717) is 13.0 Å². The maximum atomic E-state index is 14.1. The van der Waals surface area contributed by atoms with E-state index in [0.717, 1.165) is 0 Å². The van der Waals surface area contributed by atoms with Gasteiger partial charge in [0.2, 0.25) is 0 Å². The van der Waals surface area contributed by atoms with E-state index in [-0.39, 0.29) is 22.6 Å². The van der Waals surface area contributed by atoms with Gasteiger partial charge in [-0.25, -0.2) is 14.1 Å². The number of aliphatic hydroxyl groups excluding tert-OH is 1. The van der Waals surface area contributed by atoms with Crippen molar-refractivity contribution in [3.63, 3.8) is 0 Å². The highest BCUT2D eigenvalue weighted by molar-refractivity contribution is 5.94. The summed E-state index contributed by atoms with van der Waals surface area (Å²) in [5.41, 5.74) is 0.218. The monoisotopic (exact) mass is 320 g/mol. The predicted octanol–water partition coefficient (Wildman–Crippen LogP) is 1.93. The van der Waals surface area contributed by atoms with Crippen LogP contribution in [0.1, 0.15) is 37.6 Å². The van der Waals surface area contributed by atoms with Gasteiger partial charge in [0.25, 0.3) is 5.91 Å². The van der Waals surface area contributed by atoms with Crippen molar-refractivity contribution in [3.05, 3.63) is 42.2 Å². The van der Waals surface area contributed by atoms with Crippen molar-refractivity contribution in [1.82, 2.24) is 20.1 Å². The lowest BCUT2D eigenvalue weighted by Crippen LogP contribution is -2.35. The largest absolute Gasteiger partial charge is 0.393 e. The lowest BCUT2D eigenvalue weighted by atomic mass is 9.87. The topological polar surface area (TPSA) is 80.0 Å². The fourth-order valence-corrected chi connectivity index (χ4v) is 2.46. The summed E-state index contributed by atoms with van der Waals surface area (Å²) in [4.78, 5) is 15.9. The van der Waals surface area contributed by atoms with E-state index in [1.165, 1.54) is 35.5 Å². The van der Waals surface area contributed by atoms with Crippen molar-refractivity contribution >= 4 is 5.91 Å². The highest BCUT2D eigenvalue weighted by atomic mass is 19.1. The first-order valence-electron chi connectivity index (χ1n) is 7.39. The summed E-state index contributed by atoms with van der Waals surface area (Å²) in [6.45, 7) is 6.01. The molecule has 0 aliphatic heterocycles. The average molecular weight is 320 g/mol. The van der Waals surface area contributed by atoms with Gasteiger partial charge >= 0.3 is 0 Å².